The molecular formula is C15H23ClN2O4S. The maximum Gasteiger partial charge on any atom is 0.338 e. The van der Waals surface area contributed by atoms with Crippen LogP contribution in [0, 0.1) is 0 Å². The minimum Gasteiger partial charge on any atom is -0.462 e. The van der Waals surface area contributed by atoms with E-state index in [1.165, 1.54) is 28.6 Å². The highest BCUT2D eigenvalue weighted by Crippen LogP contribution is 2.25. The van der Waals surface area contributed by atoms with Gasteiger partial charge in [0, 0.05) is 19.1 Å². The molecule has 0 aromatic heterocycles. The highest BCUT2D eigenvalue weighted by atomic mass is 35.5. The van der Waals surface area contributed by atoms with E-state index in [0.717, 1.165) is 19.3 Å². The van der Waals surface area contributed by atoms with Gasteiger partial charge in [0.1, 0.15) is 0 Å². The molecule has 0 spiro atoms. The molecular weight excluding hydrogens is 340 g/mol. The summed E-state index contributed by atoms with van der Waals surface area (Å²) in [4.78, 5) is 11.8. The molecule has 23 heavy (non-hydrogen) atoms. The molecule has 0 bridgehead atoms. The van der Waals surface area contributed by atoms with E-state index in [9.17, 15) is 13.2 Å². The van der Waals surface area contributed by atoms with Crippen LogP contribution in [0.15, 0.2) is 29.2 Å². The number of carbonyl (C=O) groups is 1. The molecule has 2 N–H and O–H groups in total. The zero-order chi connectivity index (χ0) is 16.2. The quantitative estimate of drug-likeness (QED) is 0.806. The third-order valence-corrected chi connectivity index (χ3v) is 5.78. The second-order valence-corrected chi connectivity index (χ2v) is 7.14. The summed E-state index contributed by atoms with van der Waals surface area (Å²) in [6.07, 6.45) is 2.63. The van der Waals surface area contributed by atoms with E-state index in [0.29, 0.717) is 18.7 Å². The molecule has 6 nitrogen and oxygen atoms in total. The Balaban J connectivity index is 0.00000264. The largest absolute Gasteiger partial charge is 0.462 e. The first-order valence-electron chi connectivity index (χ1n) is 7.49. The van der Waals surface area contributed by atoms with E-state index < -0.39 is 16.0 Å². The van der Waals surface area contributed by atoms with Gasteiger partial charge in [-0.1, -0.05) is 6.42 Å². The first kappa shape index (κ1) is 19.9. The lowest BCUT2D eigenvalue weighted by Gasteiger charge is -2.33. The molecule has 1 saturated heterocycles. The van der Waals surface area contributed by atoms with Gasteiger partial charge < -0.3 is 10.5 Å². The third-order valence-electron chi connectivity index (χ3n) is 3.82. The van der Waals surface area contributed by atoms with Crippen molar-refractivity contribution in [2.75, 3.05) is 19.7 Å². The fraction of sp³-hybridized carbons (Fsp3) is 0.533. The molecule has 8 heteroatoms. The Bertz CT molecular complexity index is 619. The van der Waals surface area contributed by atoms with Gasteiger partial charge in [0.25, 0.3) is 0 Å². The van der Waals surface area contributed by atoms with E-state index in [4.69, 9.17) is 10.5 Å². The van der Waals surface area contributed by atoms with Crippen LogP contribution in [0.5, 0.6) is 0 Å². The van der Waals surface area contributed by atoms with Crippen LogP contribution in [0.25, 0.3) is 0 Å². The van der Waals surface area contributed by atoms with Crippen molar-refractivity contribution in [2.45, 2.75) is 37.1 Å². The predicted molar refractivity (Wildman–Crippen MR) is 90.2 cm³/mol. The Morgan fingerprint density at radius 1 is 1.30 bits per heavy atom. The second-order valence-electron chi connectivity index (χ2n) is 5.25. The molecule has 1 unspecified atom stereocenters. The maximum absolute atomic E-state index is 12.7. The molecule has 1 aromatic rings. The van der Waals surface area contributed by atoms with Crippen LogP contribution in [-0.4, -0.2) is 44.4 Å². The number of hydrogen-bond donors (Lipinski definition) is 1. The van der Waals surface area contributed by atoms with Crippen molar-refractivity contribution >= 4 is 28.4 Å². The highest BCUT2D eigenvalue weighted by Gasteiger charge is 2.32. The highest BCUT2D eigenvalue weighted by molar-refractivity contribution is 7.89. The van der Waals surface area contributed by atoms with Crippen molar-refractivity contribution in [1.82, 2.24) is 4.31 Å². The number of halogens is 1. The Kier molecular flexibility index (Phi) is 7.47. The van der Waals surface area contributed by atoms with E-state index in [1.807, 2.05) is 0 Å². The molecule has 1 heterocycles. The van der Waals surface area contributed by atoms with Gasteiger partial charge in [-0.3, -0.25) is 0 Å². The SMILES string of the molecule is CCOC(=O)c1ccc(S(=O)(=O)N2CCCCC2CN)cc1.Cl. The third kappa shape index (κ3) is 4.44. The fourth-order valence-corrected chi connectivity index (χ4v) is 4.34. The van der Waals surface area contributed by atoms with E-state index in [1.54, 1.807) is 6.92 Å². The smallest absolute Gasteiger partial charge is 0.338 e. The molecule has 130 valence electrons. The van der Waals surface area contributed by atoms with Crippen LogP contribution in [0.3, 0.4) is 0 Å². The van der Waals surface area contributed by atoms with Crippen LogP contribution in [-0.2, 0) is 14.8 Å². The normalized spacial score (nSPS) is 19.0. The monoisotopic (exact) mass is 362 g/mol. The number of esters is 1. The van der Waals surface area contributed by atoms with Gasteiger partial charge in [0.05, 0.1) is 17.1 Å². The van der Waals surface area contributed by atoms with E-state index in [-0.39, 0.29) is 30.0 Å². The van der Waals surface area contributed by atoms with Crippen LogP contribution in [0.1, 0.15) is 36.5 Å². The van der Waals surface area contributed by atoms with Crippen molar-refractivity contribution in [2.24, 2.45) is 5.73 Å². The number of nitrogens with two attached hydrogens (primary N) is 1. The minimum absolute atomic E-state index is 0. The number of ether oxygens (including phenoxy) is 1. The van der Waals surface area contributed by atoms with Crippen molar-refractivity contribution in [3.63, 3.8) is 0 Å². The first-order chi connectivity index (χ1) is 10.5. The Morgan fingerprint density at radius 2 is 1.96 bits per heavy atom. The number of carbonyl (C=O) groups excluding carboxylic acids is 1. The standard InChI is InChI=1S/C15H22N2O4S.ClH/c1-2-21-15(18)12-6-8-14(9-7-12)22(19,20)17-10-4-3-5-13(17)11-16;/h6-9,13H,2-5,10-11,16H2,1H3;1H. The lowest BCUT2D eigenvalue weighted by Crippen LogP contribution is -2.47. The average molecular weight is 363 g/mol. The molecule has 1 aromatic carbocycles. The van der Waals surface area contributed by atoms with Gasteiger partial charge >= 0.3 is 5.97 Å². The first-order valence-corrected chi connectivity index (χ1v) is 8.93. The van der Waals surface area contributed by atoms with Gasteiger partial charge in [0.2, 0.25) is 10.0 Å². The molecule has 0 aliphatic carbocycles. The summed E-state index contributed by atoms with van der Waals surface area (Å²) in [5, 5.41) is 0. The molecule has 0 saturated carbocycles. The van der Waals surface area contributed by atoms with Gasteiger partial charge in [-0.2, -0.15) is 4.31 Å². The summed E-state index contributed by atoms with van der Waals surface area (Å²) in [6.45, 7) is 2.81. The molecule has 1 aliphatic rings. The Morgan fingerprint density at radius 3 is 2.52 bits per heavy atom. The second kappa shape index (κ2) is 8.63. The Hall–Kier alpha value is -1.15. The number of hydrogen-bond acceptors (Lipinski definition) is 5. The fourth-order valence-electron chi connectivity index (χ4n) is 2.64. The summed E-state index contributed by atoms with van der Waals surface area (Å²) in [5.74, 6) is -0.454. The zero-order valence-corrected chi connectivity index (χ0v) is 14.7. The molecule has 1 aliphatic heterocycles. The van der Waals surface area contributed by atoms with Crippen LogP contribution in [0.4, 0.5) is 0 Å². The predicted octanol–water partition coefficient (Wildman–Crippen LogP) is 1.79. The molecule has 0 amide bonds. The molecule has 0 radical (unpaired) electrons. The van der Waals surface area contributed by atoms with Gasteiger partial charge in [-0.25, -0.2) is 13.2 Å². The van der Waals surface area contributed by atoms with Crippen LogP contribution in [0.2, 0.25) is 0 Å². The van der Waals surface area contributed by atoms with Crippen molar-refractivity contribution < 1.29 is 17.9 Å². The van der Waals surface area contributed by atoms with E-state index >= 15 is 0 Å². The number of piperidine rings is 1. The lowest BCUT2D eigenvalue weighted by atomic mass is 10.1. The minimum atomic E-state index is -3.58. The van der Waals surface area contributed by atoms with Gasteiger partial charge in [0.15, 0.2) is 0 Å². The summed E-state index contributed by atoms with van der Waals surface area (Å²) >= 11 is 0. The van der Waals surface area contributed by atoms with Gasteiger partial charge in [-0.15, -0.1) is 12.4 Å². The zero-order valence-electron chi connectivity index (χ0n) is 13.1. The number of nitrogens with zero attached hydrogens (tertiary/aromatic N) is 1. The van der Waals surface area contributed by atoms with Crippen LogP contribution >= 0.6 is 12.4 Å². The van der Waals surface area contributed by atoms with E-state index in [2.05, 4.69) is 0 Å². The maximum atomic E-state index is 12.7. The molecule has 1 fully saturated rings. The number of benzene rings is 1. The number of rotatable bonds is 5. The topological polar surface area (TPSA) is 89.7 Å². The summed E-state index contributed by atoms with van der Waals surface area (Å²) in [6, 6.07) is 5.70. The van der Waals surface area contributed by atoms with Crippen molar-refractivity contribution in [3.8, 4) is 0 Å². The molecule has 1 atom stereocenters. The van der Waals surface area contributed by atoms with Crippen LogP contribution < -0.4 is 5.73 Å². The Labute approximate surface area is 143 Å². The van der Waals surface area contributed by atoms with Gasteiger partial charge in [-0.05, 0) is 44.0 Å². The summed E-state index contributed by atoms with van der Waals surface area (Å²) < 4.78 is 31.8. The van der Waals surface area contributed by atoms with Crippen molar-refractivity contribution in [3.05, 3.63) is 29.8 Å². The summed E-state index contributed by atoms with van der Waals surface area (Å²) in [7, 11) is -3.58. The molecule has 2 rings (SSSR count). The lowest BCUT2D eigenvalue weighted by molar-refractivity contribution is 0.0526. The average Bonchev–Trinajstić information content (AvgIpc) is 2.55. The number of sulfonamides is 1. The summed E-state index contributed by atoms with van der Waals surface area (Å²) in [5.41, 5.74) is 6.04. The van der Waals surface area contributed by atoms with Crippen molar-refractivity contribution in [1.29, 1.82) is 0 Å².